The van der Waals surface area contributed by atoms with Gasteiger partial charge in [-0.1, -0.05) is 19.9 Å². The number of rotatable bonds is 6. The molecule has 2 heterocycles. The predicted molar refractivity (Wildman–Crippen MR) is 71.9 cm³/mol. The van der Waals surface area contributed by atoms with Crippen LogP contribution in [0.2, 0.25) is 0 Å². The minimum Gasteiger partial charge on any atom is -0.379 e. The van der Waals surface area contributed by atoms with Gasteiger partial charge in [-0.2, -0.15) is 4.98 Å². The van der Waals surface area contributed by atoms with Crippen molar-refractivity contribution in [3.05, 3.63) is 23.9 Å². The maximum absolute atomic E-state index is 5.49. The van der Waals surface area contributed by atoms with Gasteiger partial charge in [0.2, 0.25) is 5.95 Å². The van der Waals surface area contributed by atoms with Crippen LogP contribution in [0.15, 0.2) is 18.2 Å². The van der Waals surface area contributed by atoms with Gasteiger partial charge < -0.3 is 10.1 Å². The lowest BCUT2D eigenvalue weighted by molar-refractivity contribution is 0.118. The highest BCUT2D eigenvalue weighted by Crippen LogP contribution is 2.07. The summed E-state index contributed by atoms with van der Waals surface area (Å²) < 4.78 is 7.32. The number of hydrogen-bond acceptors (Lipinski definition) is 4. The monoisotopic (exact) mass is 248 g/mol. The molecule has 0 fully saturated rings. The maximum Gasteiger partial charge on any atom is 0.243 e. The van der Waals surface area contributed by atoms with Crippen LogP contribution < -0.4 is 5.32 Å². The zero-order valence-electron chi connectivity index (χ0n) is 11.2. The third-order valence-corrected chi connectivity index (χ3v) is 2.53. The zero-order chi connectivity index (χ0) is 13.0. The maximum atomic E-state index is 5.49. The summed E-state index contributed by atoms with van der Waals surface area (Å²) in [6, 6.07) is 5.94. The van der Waals surface area contributed by atoms with Crippen LogP contribution in [0, 0.1) is 12.8 Å². The van der Waals surface area contributed by atoms with Crippen LogP contribution in [0.4, 0.5) is 5.95 Å². The summed E-state index contributed by atoms with van der Waals surface area (Å²) >= 11 is 0. The average Bonchev–Trinajstić information content (AvgIpc) is 2.72. The van der Waals surface area contributed by atoms with Gasteiger partial charge in [0.15, 0.2) is 5.65 Å². The highest BCUT2D eigenvalue weighted by atomic mass is 16.5. The summed E-state index contributed by atoms with van der Waals surface area (Å²) in [6.07, 6.45) is 0. The van der Waals surface area contributed by atoms with Crippen LogP contribution in [-0.4, -0.2) is 34.4 Å². The van der Waals surface area contributed by atoms with Crippen LogP contribution >= 0.6 is 0 Å². The Labute approximate surface area is 107 Å². The number of hydrogen-bond donors (Lipinski definition) is 1. The van der Waals surface area contributed by atoms with E-state index in [9.17, 15) is 0 Å². The summed E-state index contributed by atoms with van der Waals surface area (Å²) in [6.45, 7) is 8.48. The second-order valence-corrected chi connectivity index (χ2v) is 4.77. The van der Waals surface area contributed by atoms with E-state index < -0.39 is 0 Å². The van der Waals surface area contributed by atoms with Crippen LogP contribution in [0.5, 0.6) is 0 Å². The largest absolute Gasteiger partial charge is 0.379 e. The van der Waals surface area contributed by atoms with E-state index in [4.69, 9.17) is 4.74 Å². The lowest BCUT2D eigenvalue weighted by Crippen LogP contribution is -2.12. The fourth-order valence-electron chi connectivity index (χ4n) is 1.66. The van der Waals surface area contributed by atoms with Crippen molar-refractivity contribution in [1.29, 1.82) is 0 Å². The van der Waals surface area contributed by atoms with Crippen molar-refractivity contribution in [1.82, 2.24) is 14.6 Å². The smallest absolute Gasteiger partial charge is 0.243 e. The van der Waals surface area contributed by atoms with Gasteiger partial charge in [-0.15, -0.1) is 5.10 Å². The number of aromatic nitrogens is 3. The number of aryl methyl sites for hydroxylation is 1. The summed E-state index contributed by atoms with van der Waals surface area (Å²) in [5.74, 6) is 1.22. The Bertz CT molecular complexity index is 507. The Morgan fingerprint density at radius 1 is 1.39 bits per heavy atom. The molecule has 0 aromatic carbocycles. The molecule has 5 heteroatoms. The fourth-order valence-corrected chi connectivity index (χ4v) is 1.66. The number of fused-ring (bicyclic) bond motifs is 1. The van der Waals surface area contributed by atoms with E-state index in [-0.39, 0.29) is 0 Å². The van der Waals surface area contributed by atoms with E-state index >= 15 is 0 Å². The molecular weight excluding hydrogens is 228 g/mol. The standard InChI is InChI=1S/C13H20N4O/c1-10(2)9-18-8-7-14-13-15-12-6-4-5-11(3)17(12)16-13/h4-6,10H,7-9H2,1-3H3,(H,14,16). The van der Waals surface area contributed by atoms with Gasteiger partial charge in [0.1, 0.15) is 0 Å². The number of anilines is 1. The van der Waals surface area contributed by atoms with Gasteiger partial charge in [0, 0.05) is 18.8 Å². The quantitative estimate of drug-likeness (QED) is 0.796. The van der Waals surface area contributed by atoms with E-state index in [1.54, 1.807) is 0 Å². The van der Waals surface area contributed by atoms with Gasteiger partial charge in [0.05, 0.1) is 6.61 Å². The average molecular weight is 248 g/mol. The molecule has 0 saturated heterocycles. The molecule has 0 aliphatic heterocycles. The van der Waals surface area contributed by atoms with Crippen LogP contribution in [-0.2, 0) is 4.74 Å². The first-order valence-corrected chi connectivity index (χ1v) is 6.31. The molecule has 98 valence electrons. The van der Waals surface area contributed by atoms with Crippen molar-refractivity contribution in [3.63, 3.8) is 0 Å². The van der Waals surface area contributed by atoms with E-state index in [2.05, 4.69) is 29.2 Å². The van der Waals surface area contributed by atoms with Crippen LogP contribution in [0.1, 0.15) is 19.5 Å². The van der Waals surface area contributed by atoms with E-state index in [1.165, 1.54) is 0 Å². The van der Waals surface area contributed by atoms with Crippen molar-refractivity contribution in [2.24, 2.45) is 5.92 Å². The molecule has 0 unspecified atom stereocenters. The molecule has 2 aromatic heterocycles. The van der Waals surface area contributed by atoms with E-state index in [0.717, 1.165) is 24.5 Å². The molecule has 0 aliphatic rings. The fraction of sp³-hybridized carbons (Fsp3) is 0.538. The molecule has 18 heavy (non-hydrogen) atoms. The van der Waals surface area contributed by atoms with E-state index in [0.29, 0.717) is 18.5 Å². The predicted octanol–water partition coefficient (Wildman–Crippen LogP) is 2.12. The van der Waals surface area contributed by atoms with Gasteiger partial charge in [-0.05, 0) is 25.0 Å². The first kappa shape index (κ1) is 12.8. The lowest BCUT2D eigenvalue weighted by atomic mass is 10.2. The topological polar surface area (TPSA) is 51.5 Å². The SMILES string of the molecule is Cc1cccc2nc(NCCOCC(C)C)nn12. The Balaban J connectivity index is 1.87. The Kier molecular flexibility index (Phi) is 4.15. The Morgan fingerprint density at radius 3 is 2.94 bits per heavy atom. The van der Waals surface area contributed by atoms with Crippen LogP contribution in [0.3, 0.4) is 0 Å². The van der Waals surface area contributed by atoms with E-state index in [1.807, 2.05) is 29.6 Å². The van der Waals surface area contributed by atoms with Crippen molar-refractivity contribution in [2.75, 3.05) is 25.1 Å². The minimum absolute atomic E-state index is 0.570. The summed E-state index contributed by atoms with van der Waals surface area (Å²) in [5.41, 5.74) is 1.93. The highest BCUT2D eigenvalue weighted by molar-refractivity contribution is 5.44. The van der Waals surface area contributed by atoms with Gasteiger partial charge in [0.25, 0.3) is 0 Å². The summed E-state index contributed by atoms with van der Waals surface area (Å²) in [5, 5.41) is 7.55. The number of pyridine rings is 1. The summed E-state index contributed by atoms with van der Waals surface area (Å²) in [7, 11) is 0. The molecule has 2 aromatic rings. The molecular formula is C13H20N4O. The molecule has 2 rings (SSSR count). The van der Waals surface area contributed by atoms with Gasteiger partial charge in [-0.25, -0.2) is 4.52 Å². The normalized spacial score (nSPS) is 11.3. The Morgan fingerprint density at radius 2 is 2.22 bits per heavy atom. The molecule has 0 saturated carbocycles. The van der Waals surface area contributed by atoms with Gasteiger partial charge >= 0.3 is 0 Å². The number of nitrogens with zero attached hydrogens (tertiary/aromatic N) is 3. The zero-order valence-corrected chi connectivity index (χ0v) is 11.2. The van der Waals surface area contributed by atoms with Crippen molar-refractivity contribution < 1.29 is 4.74 Å². The molecule has 0 bridgehead atoms. The Hall–Kier alpha value is -1.62. The van der Waals surface area contributed by atoms with Crippen molar-refractivity contribution in [3.8, 4) is 0 Å². The van der Waals surface area contributed by atoms with Crippen molar-refractivity contribution >= 4 is 11.6 Å². The second-order valence-electron chi connectivity index (χ2n) is 4.77. The number of ether oxygens (including phenoxy) is 1. The first-order chi connectivity index (χ1) is 8.66. The third kappa shape index (κ3) is 3.20. The number of nitrogens with one attached hydrogen (secondary N) is 1. The summed E-state index contributed by atoms with van der Waals surface area (Å²) in [4.78, 5) is 4.39. The van der Waals surface area contributed by atoms with Gasteiger partial charge in [-0.3, -0.25) is 0 Å². The lowest BCUT2D eigenvalue weighted by Gasteiger charge is -2.06. The van der Waals surface area contributed by atoms with Crippen molar-refractivity contribution in [2.45, 2.75) is 20.8 Å². The third-order valence-electron chi connectivity index (χ3n) is 2.53. The molecule has 0 aliphatic carbocycles. The minimum atomic E-state index is 0.570. The molecule has 0 atom stereocenters. The molecule has 5 nitrogen and oxygen atoms in total. The molecule has 0 spiro atoms. The molecule has 0 radical (unpaired) electrons. The molecule has 0 amide bonds. The first-order valence-electron chi connectivity index (χ1n) is 6.31. The highest BCUT2D eigenvalue weighted by Gasteiger charge is 2.03. The molecule has 1 N–H and O–H groups in total. The second kappa shape index (κ2) is 5.82. The van der Waals surface area contributed by atoms with Crippen LogP contribution in [0.25, 0.3) is 5.65 Å².